The molecule has 0 unspecified atom stereocenters. The highest BCUT2D eigenvalue weighted by atomic mass is 32.1. The van der Waals surface area contributed by atoms with Crippen LogP contribution in [0.15, 0.2) is 17.5 Å². The highest BCUT2D eigenvalue weighted by Gasteiger charge is 2.33. The maximum absolute atomic E-state index is 12.3. The van der Waals surface area contributed by atoms with Crippen molar-refractivity contribution in [1.82, 2.24) is 15.5 Å². The fraction of sp³-hybridized carbons (Fsp3) is 0.600. The van der Waals surface area contributed by atoms with Crippen molar-refractivity contribution in [3.05, 3.63) is 22.4 Å². The summed E-state index contributed by atoms with van der Waals surface area (Å²) < 4.78 is 5.04. The van der Waals surface area contributed by atoms with Crippen molar-refractivity contribution in [3.8, 4) is 0 Å². The smallest absolute Gasteiger partial charge is 0.321 e. The molecule has 0 aromatic carbocycles. The van der Waals surface area contributed by atoms with Crippen LogP contribution < -0.4 is 10.6 Å². The zero-order chi connectivity index (χ0) is 21.4. The number of esters is 1. The van der Waals surface area contributed by atoms with Crippen molar-refractivity contribution >= 4 is 35.2 Å². The Morgan fingerprint density at radius 1 is 1.21 bits per heavy atom. The first-order valence-electron chi connectivity index (χ1n) is 9.73. The molecule has 1 fully saturated rings. The quantitative estimate of drug-likeness (QED) is 0.681. The number of rotatable bonds is 6. The molecule has 160 valence electrons. The van der Waals surface area contributed by atoms with Gasteiger partial charge in [0.05, 0.1) is 5.92 Å². The van der Waals surface area contributed by atoms with E-state index < -0.39 is 29.9 Å². The number of nitrogens with zero attached hydrogens (tertiary/aromatic N) is 1. The van der Waals surface area contributed by atoms with Crippen molar-refractivity contribution in [2.75, 3.05) is 26.2 Å². The monoisotopic (exact) mass is 423 g/mol. The van der Waals surface area contributed by atoms with Gasteiger partial charge in [-0.3, -0.25) is 19.7 Å². The maximum Gasteiger partial charge on any atom is 0.321 e. The topological polar surface area (TPSA) is 105 Å². The maximum atomic E-state index is 12.3. The second kappa shape index (κ2) is 10.4. The molecule has 0 bridgehead atoms. The molecule has 0 atom stereocenters. The van der Waals surface area contributed by atoms with Gasteiger partial charge in [-0.2, -0.15) is 0 Å². The van der Waals surface area contributed by atoms with Crippen LogP contribution in [0.2, 0.25) is 0 Å². The number of piperidine rings is 1. The number of imide groups is 1. The van der Waals surface area contributed by atoms with Gasteiger partial charge in [0.2, 0.25) is 5.91 Å². The number of ether oxygens (including phenoxy) is 1. The summed E-state index contributed by atoms with van der Waals surface area (Å²) in [6.07, 6.45) is 1.70. The third-order valence-corrected chi connectivity index (χ3v) is 5.53. The van der Waals surface area contributed by atoms with E-state index in [1.165, 1.54) is 0 Å². The third-order valence-electron chi connectivity index (χ3n) is 4.59. The fourth-order valence-corrected chi connectivity index (χ4v) is 3.72. The number of thiophene rings is 1. The summed E-state index contributed by atoms with van der Waals surface area (Å²) in [5, 5.41) is 6.69. The van der Waals surface area contributed by atoms with E-state index in [1.807, 2.05) is 38.3 Å². The number of amides is 4. The molecule has 0 radical (unpaired) electrons. The molecule has 0 aliphatic carbocycles. The zero-order valence-electron chi connectivity index (χ0n) is 17.2. The number of hydrogen-bond acceptors (Lipinski definition) is 6. The molecule has 1 aliphatic rings. The van der Waals surface area contributed by atoms with Crippen molar-refractivity contribution in [2.24, 2.45) is 11.3 Å². The van der Waals surface area contributed by atoms with Gasteiger partial charge in [0.25, 0.3) is 5.91 Å². The Balaban J connectivity index is 1.62. The first-order chi connectivity index (χ1) is 13.7. The molecule has 1 aromatic heterocycles. The predicted octanol–water partition coefficient (Wildman–Crippen LogP) is 1.94. The van der Waals surface area contributed by atoms with Gasteiger partial charge in [-0.1, -0.05) is 26.8 Å². The zero-order valence-corrected chi connectivity index (χ0v) is 18.0. The van der Waals surface area contributed by atoms with Gasteiger partial charge >= 0.3 is 12.0 Å². The Hall–Kier alpha value is -2.42. The Morgan fingerprint density at radius 3 is 2.48 bits per heavy atom. The van der Waals surface area contributed by atoms with E-state index in [4.69, 9.17) is 4.74 Å². The molecule has 2 heterocycles. The van der Waals surface area contributed by atoms with Crippen molar-refractivity contribution < 1.29 is 23.9 Å². The summed E-state index contributed by atoms with van der Waals surface area (Å²) in [5.74, 6) is -1.42. The molecule has 1 aromatic rings. The number of nitrogens with one attached hydrogen (secondary N) is 2. The predicted molar refractivity (Wildman–Crippen MR) is 109 cm³/mol. The number of urea groups is 1. The van der Waals surface area contributed by atoms with Crippen LogP contribution in [0.3, 0.4) is 0 Å². The number of carbonyl (C=O) groups excluding carboxylic acids is 4. The minimum absolute atomic E-state index is 0.0637. The first kappa shape index (κ1) is 22.9. The van der Waals surface area contributed by atoms with E-state index in [1.54, 1.807) is 16.2 Å². The minimum Gasteiger partial charge on any atom is -0.455 e. The summed E-state index contributed by atoms with van der Waals surface area (Å²) in [6.45, 7) is 6.50. The van der Waals surface area contributed by atoms with Gasteiger partial charge < -0.3 is 15.0 Å². The van der Waals surface area contributed by atoms with Crippen molar-refractivity contribution in [2.45, 2.75) is 40.0 Å². The lowest BCUT2D eigenvalue weighted by molar-refractivity contribution is -0.155. The summed E-state index contributed by atoms with van der Waals surface area (Å²) >= 11 is 1.60. The van der Waals surface area contributed by atoms with Gasteiger partial charge in [-0.05, 0) is 30.7 Å². The van der Waals surface area contributed by atoms with Crippen LogP contribution in [0.1, 0.15) is 38.5 Å². The van der Waals surface area contributed by atoms with Gasteiger partial charge in [0.1, 0.15) is 0 Å². The normalized spacial score (nSPS) is 14.9. The van der Waals surface area contributed by atoms with E-state index >= 15 is 0 Å². The molecule has 9 heteroatoms. The lowest BCUT2D eigenvalue weighted by Gasteiger charge is -2.34. The largest absolute Gasteiger partial charge is 0.455 e. The van der Waals surface area contributed by atoms with E-state index in [2.05, 4.69) is 10.6 Å². The second-order valence-electron chi connectivity index (χ2n) is 8.06. The van der Waals surface area contributed by atoms with Crippen molar-refractivity contribution in [3.63, 3.8) is 0 Å². The van der Waals surface area contributed by atoms with Crippen LogP contribution in [0.4, 0.5) is 4.79 Å². The average molecular weight is 424 g/mol. The standard InChI is InChI=1S/C20H29N3O5S/c1-20(2,3)18(26)23-10-7-14(8-11-23)17(25)28-13-16(24)22-19(27)21-9-6-15-5-4-12-29-15/h4-5,12,14H,6-11,13H2,1-3H3,(H2,21,22,24,27). The second-order valence-corrected chi connectivity index (χ2v) is 9.09. The number of likely N-dealkylation sites (tertiary alicyclic amines) is 1. The molecule has 2 rings (SSSR count). The highest BCUT2D eigenvalue weighted by molar-refractivity contribution is 7.09. The lowest BCUT2D eigenvalue weighted by atomic mass is 9.91. The minimum atomic E-state index is -0.674. The van der Waals surface area contributed by atoms with Crippen LogP contribution in [0.5, 0.6) is 0 Å². The molecule has 4 amide bonds. The Kier molecular flexibility index (Phi) is 8.19. The molecule has 0 saturated carbocycles. The van der Waals surface area contributed by atoms with Crippen LogP contribution in [0, 0.1) is 11.3 Å². The molecule has 29 heavy (non-hydrogen) atoms. The molecule has 8 nitrogen and oxygen atoms in total. The van der Waals surface area contributed by atoms with E-state index in [0.717, 1.165) is 4.88 Å². The molecule has 1 aliphatic heterocycles. The Labute approximate surface area is 175 Å². The molecule has 1 saturated heterocycles. The van der Waals surface area contributed by atoms with Gasteiger partial charge in [-0.25, -0.2) is 4.79 Å². The van der Waals surface area contributed by atoms with Gasteiger partial charge in [0.15, 0.2) is 6.61 Å². The van der Waals surface area contributed by atoms with Crippen LogP contribution in [-0.2, 0) is 25.5 Å². The van der Waals surface area contributed by atoms with Gasteiger partial charge in [0, 0.05) is 29.9 Å². The summed E-state index contributed by atoms with van der Waals surface area (Å²) in [7, 11) is 0. The van der Waals surface area contributed by atoms with Crippen molar-refractivity contribution in [1.29, 1.82) is 0 Å². The number of carbonyl (C=O) groups is 4. The van der Waals surface area contributed by atoms with E-state index in [9.17, 15) is 19.2 Å². The number of hydrogen-bond donors (Lipinski definition) is 2. The Bertz CT molecular complexity index is 719. The summed E-state index contributed by atoms with van der Waals surface area (Å²) in [4.78, 5) is 50.8. The molecular weight excluding hydrogens is 394 g/mol. The lowest BCUT2D eigenvalue weighted by Crippen LogP contribution is -2.46. The fourth-order valence-electron chi connectivity index (χ4n) is 3.01. The van der Waals surface area contributed by atoms with E-state index in [-0.39, 0.29) is 11.8 Å². The molecule has 0 spiro atoms. The Morgan fingerprint density at radius 2 is 1.90 bits per heavy atom. The highest BCUT2D eigenvalue weighted by Crippen LogP contribution is 2.24. The molecule has 2 N–H and O–H groups in total. The molecular formula is C20H29N3O5S. The van der Waals surface area contributed by atoms with Crippen LogP contribution in [0.25, 0.3) is 0 Å². The van der Waals surface area contributed by atoms with Crippen LogP contribution >= 0.6 is 11.3 Å². The summed E-state index contributed by atoms with van der Waals surface area (Å²) in [5.41, 5.74) is -0.449. The summed E-state index contributed by atoms with van der Waals surface area (Å²) in [6, 6.07) is 3.29. The third kappa shape index (κ3) is 7.49. The first-order valence-corrected chi connectivity index (χ1v) is 10.6. The SMILES string of the molecule is CC(C)(C)C(=O)N1CCC(C(=O)OCC(=O)NC(=O)NCCc2cccs2)CC1. The average Bonchev–Trinajstić information content (AvgIpc) is 3.18. The van der Waals surface area contributed by atoms with Gasteiger partial charge in [-0.15, -0.1) is 11.3 Å². The van der Waals surface area contributed by atoms with Crippen LogP contribution in [-0.4, -0.2) is 55.0 Å². The van der Waals surface area contributed by atoms with E-state index in [0.29, 0.717) is 38.9 Å².